The molecular formula is C22H17Br2N3O4. The fourth-order valence-electron chi connectivity index (χ4n) is 3.39. The second kappa shape index (κ2) is 8.39. The second-order valence-electron chi connectivity index (χ2n) is 6.97. The van der Waals surface area contributed by atoms with Crippen molar-refractivity contribution in [2.75, 3.05) is 0 Å². The van der Waals surface area contributed by atoms with Gasteiger partial charge in [0.1, 0.15) is 0 Å². The number of nitrogens with zero attached hydrogens (tertiary/aromatic N) is 3. The number of hydrogen-bond donors (Lipinski definition) is 0. The topological polar surface area (TPSA) is 81.1 Å². The highest BCUT2D eigenvalue weighted by Crippen LogP contribution is 2.39. The third-order valence-electron chi connectivity index (χ3n) is 4.59. The van der Waals surface area contributed by atoms with Crippen LogP contribution in [0.3, 0.4) is 0 Å². The van der Waals surface area contributed by atoms with Crippen molar-refractivity contribution in [1.29, 1.82) is 0 Å². The maximum absolute atomic E-state index is 12.4. The average molecular weight is 547 g/mol. The summed E-state index contributed by atoms with van der Waals surface area (Å²) in [5.74, 6) is -0.355. The first-order valence-corrected chi connectivity index (χ1v) is 10.9. The Kier molecular flexibility index (Phi) is 5.81. The zero-order valence-corrected chi connectivity index (χ0v) is 20.0. The number of hydrogen-bond acceptors (Lipinski definition) is 6. The molecule has 0 bridgehead atoms. The molecule has 2 aromatic carbocycles. The van der Waals surface area contributed by atoms with Gasteiger partial charge in [-0.1, -0.05) is 34.1 Å². The molecule has 4 rings (SSSR count). The summed E-state index contributed by atoms with van der Waals surface area (Å²) in [6.07, 6.45) is -0.790. The van der Waals surface area contributed by atoms with E-state index in [9.17, 15) is 9.59 Å². The van der Waals surface area contributed by atoms with Crippen molar-refractivity contribution >= 4 is 60.5 Å². The highest BCUT2D eigenvalue weighted by molar-refractivity contribution is 9.11. The quantitative estimate of drug-likeness (QED) is 0.332. The van der Waals surface area contributed by atoms with Crippen LogP contribution in [-0.2, 0) is 14.3 Å². The monoisotopic (exact) mass is 545 g/mol. The predicted octanol–water partition coefficient (Wildman–Crippen LogP) is 5.23. The van der Waals surface area contributed by atoms with E-state index >= 15 is 0 Å². The fraction of sp³-hybridized carbons (Fsp3) is 0.182. The number of aryl methyl sites for hydroxylation is 1. The van der Waals surface area contributed by atoms with Gasteiger partial charge >= 0.3 is 5.97 Å². The van der Waals surface area contributed by atoms with Crippen LogP contribution in [0.15, 0.2) is 56.5 Å². The molecule has 1 atom stereocenters. The molecule has 1 aliphatic rings. The summed E-state index contributed by atoms with van der Waals surface area (Å²) >= 11 is 6.85. The Balaban J connectivity index is 1.85. The molecular weight excluding hydrogens is 530 g/mol. The maximum atomic E-state index is 12.4. The highest BCUT2D eigenvalue weighted by Gasteiger charge is 2.36. The van der Waals surface area contributed by atoms with Gasteiger partial charge in [0.15, 0.2) is 5.75 Å². The van der Waals surface area contributed by atoms with Crippen molar-refractivity contribution in [1.82, 2.24) is 9.99 Å². The summed E-state index contributed by atoms with van der Waals surface area (Å²) in [5.41, 5.74) is 2.78. The van der Waals surface area contributed by atoms with Crippen LogP contribution in [0.5, 0.6) is 5.75 Å². The molecule has 0 fully saturated rings. The largest absolute Gasteiger partial charge is 0.446 e. The van der Waals surface area contributed by atoms with Gasteiger partial charge in [-0.15, -0.1) is 5.10 Å². The summed E-state index contributed by atoms with van der Waals surface area (Å²) < 4.78 is 12.9. The standard InChI is InChI=1S/C22H17Br2N3O4/c1-11-8-16(15-6-4-5-7-19(15)25-11)22-27(12(2)28)26-21(31-22)17-9-14(23)10-18(24)20(17)30-13(3)29/h4-10,22H,1-3H3/t22-/m1/s1. The number of carbonyl (C=O) groups excluding carboxylic acids is 2. The number of rotatable bonds is 3. The van der Waals surface area contributed by atoms with Crippen LogP contribution in [-0.4, -0.2) is 27.8 Å². The Hall–Kier alpha value is -2.78. The van der Waals surface area contributed by atoms with E-state index in [1.54, 1.807) is 12.1 Å². The molecule has 9 heteroatoms. The molecule has 0 radical (unpaired) electrons. The van der Waals surface area contributed by atoms with E-state index in [0.29, 0.717) is 10.0 Å². The number of hydrazone groups is 1. The number of aromatic nitrogens is 1. The number of pyridine rings is 1. The number of halogens is 2. The fourth-order valence-corrected chi connectivity index (χ4v) is 4.70. The van der Waals surface area contributed by atoms with E-state index in [0.717, 1.165) is 26.6 Å². The van der Waals surface area contributed by atoms with Crippen molar-refractivity contribution in [3.05, 3.63) is 68.2 Å². The summed E-state index contributed by atoms with van der Waals surface area (Å²) in [4.78, 5) is 28.7. The third kappa shape index (κ3) is 4.20. The van der Waals surface area contributed by atoms with Crippen LogP contribution >= 0.6 is 31.9 Å². The first-order valence-electron chi connectivity index (χ1n) is 9.33. The summed E-state index contributed by atoms with van der Waals surface area (Å²) in [6, 6.07) is 13.0. The molecule has 0 saturated heterocycles. The number of amides is 1. The number of para-hydroxylation sites is 1. The van der Waals surface area contributed by atoms with Crippen molar-refractivity contribution in [2.45, 2.75) is 27.0 Å². The van der Waals surface area contributed by atoms with Crippen LogP contribution in [0.25, 0.3) is 10.9 Å². The maximum Gasteiger partial charge on any atom is 0.308 e. The lowest BCUT2D eigenvalue weighted by Gasteiger charge is -2.21. The third-order valence-corrected chi connectivity index (χ3v) is 5.64. The number of carbonyl (C=O) groups is 2. The van der Waals surface area contributed by atoms with Crippen molar-refractivity contribution in [2.24, 2.45) is 5.10 Å². The molecule has 0 aliphatic carbocycles. The van der Waals surface area contributed by atoms with Crippen molar-refractivity contribution in [3.8, 4) is 5.75 Å². The van der Waals surface area contributed by atoms with E-state index in [1.165, 1.54) is 18.9 Å². The van der Waals surface area contributed by atoms with Crippen LogP contribution in [0.1, 0.15) is 36.9 Å². The van der Waals surface area contributed by atoms with E-state index in [4.69, 9.17) is 9.47 Å². The minimum atomic E-state index is -0.790. The van der Waals surface area contributed by atoms with Gasteiger partial charge in [0.2, 0.25) is 18.0 Å². The first-order chi connectivity index (χ1) is 14.7. The molecule has 1 amide bonds. The molecule has 0 saturated carbocycles. The Morgan fingerprint density at radius 1 is 1.13 bits per heavy atom. The zero-order chi connectivity index (χ0) is 22.3. The number of benzene rings is 2. The van der Waals surface area contributed by atoms with Crippen molar-refractivity contribution < 1.29 is 19.1 Å². The van der Waals surface area contributed by atoms with Gasteiger partial charge in [-0.25, -0.2) is 0 Å². The summed E-state index contributed by atoms with van der Waals surface area (Å²) in [6.45, 7) is 4.62. The normalized spacial score (nSPS) is 15.6. The number of fused-ring (bicyclic) bond motifs is 1. The molecule has 1 aromatic heterocycles. The van der Waals surface area contributed by atoms with Crippen LogP contribution in [0.4, 0.5) is 0 Å². The Morgan fingerprint density at radius 3 is 2.58 bits per heavy atom. The van der Waals surface area contributed by atoms with Crippen LogP contribution < -0.4 is 4.74 Å². The molecule has 1 aliphatic heterocycles. The molecule has 0 unspecified atom stereocenters. The van der Waals surface area contributed by atoms with Gasteiger partial charge in [0.25, 0.3) is 0 Å². The van der Waals surface area contributed by atoms with E-state index < -0.39 is 12.2 Å². The molecule has 158 valence electrons. The van der Waals surface area contributed by atoms with Gasteiger partial charge in [-0.3, -0.25) is 14.6 Å². The highest BCUT2D eigenvalue weighted by atomic mass is 79.9. The van der Waals surface area contributed by atoms with Gasteiger partial charge < -0.3 is 9.47 Å². The second-order valence-corrected chi connectivity index (χ2v) is 8.74. The molecule has 7 nitrogen and oxygen atoms in total. The van der Waals surface area contributed by atoms with Gasteiger partial charge in [0, 0.05) is 35.0 Å². The van der Waals surface area contributed by atoms with Gasteiger partial charge in [-0.2, -0.15) is 5.01 Å². The molecule has 31 heavy (non-hydrogen) atoms. The van der Waals surface area contributed by atoms with Gasteiger partial charge in [-0.05, 0) is 47.1 Å². The number of esters is 1. The van der Waals surface area contributed by atoms with Crippen molar-refractivity contribution in [3.63, 3.8) is 0 Å². The molecule has 0 N–H and O–H groups in total. The summed E-state index contributed by atoms with van der Waals surface area (Å²) in [5, 5.41) is 6.57. The van der Waals surface area contributed by atoms with E-state index in [2.05, 4.69) is 41.9 Å². The minimum Gasteiger partial charge on any atom is -0.446 e. The lowest BCUT2D eigenvalue weighted by atomic mass is 10.1. The van der Waals surface area contributed by atoms with Crippen LogP contribution in [0.2, 0.25) is 0 Å². The smallest absolute Gasteiger partial charge is 0.308 e. The van der Waals surface area contributed by atoms with Crippen LogP contribution in [0, 0.1) is 6.92 Å². The average Bonchev–Trinajstić information content (AvgIpc) is 3.14. The Labute approximate surface area is 195 Å². The SMILES string of the molecule is CC(=O)Oc1c(Br)cc(Br)cc1C1=NN(C(C)=O)[C@@H](c2cc(C)nc3ccccc23)O1. The molecule has 3 aromatic rings. The van der Waals surface area contributed by atoms with Gasteiger partial charge in [0.05, 0.1) is 15.6 Å². The Morgan fingerprint density at radius 2 is 1.87 bits per heavy atom. The molecule has 2 heterocycles. The lowest BCUT2D eigenvalue weighted by molar-refractivity contribution is -0.135. The first kappa shape index (κ1) is 21.5. The minimum absolute atomic E-state index is 0.164. The van der Waals surface area contributed by atoms with E-state index in [1.807, 2.05) is 37.3 Å². The molecule has 0 spiro atoms. The predicted molar refractivity (Wildman–Crippen MR) is 123 cm³/mol. The van der Waals surface area contributed by atoms with E-state index in [-0.39, 0.29) is 17.6 Å². The zero-order valence-electron chi connectivity index (χ0n) is 16.8. The Bertz CT molecular complexity index is 1260. The number of ether oxygens (including phenoxy) is 2. The lowest BCUT2D eigenvalue weighted by Crippen LogP contribution is -2.25. The summed E-state index contributed by atoms with van der Waals surface area (Å²) in [7, 11) is 0.